The van der Waals surface area contributed by atoms with Gasteiger partial charge in [0.05, 0.1) is 0 Å². The van der Waals surface area contributed by atoms with Crippen LogP contribution in [-0.2, 0) is 9.53 Å². The fourth-order valence-corrected chi connectivity index (χ4v) is 1.81. The van der Waals surface area contributed by atoms with Crippen LogP contribution >= 0.6 is 0 Å². The fraction of sp³-hybridized carbons (Fsp3) is 0.917. The molecule has 1 heterocycles. The van der Waals surface area contributed by atoms with E-state index in [1.165, 1.54) is 0 Å². The summed E-state index contributed by atoms with van der Waals surface area (Å²) in [6, 6.07) is 0. The molecule has 0 saturated carbocycles. The lowest BCUT2D eigenvalue weighted by molar-refractivity contribution is -0.121. The van der Waals surface area contributed by atoms with Gasteiger partial charge < -0.3 is 15.8 Å². The van der Waals surface area contributed by atoms with Crippen molar-refractivity contribution in [3.8, 4) is 0 Å². The molecule has 0 spiro atoms. The third kappa shape index (κ3) is 5.47. The first-order valence-electron chi connectivity index (χ1n) is 6.27. The SMILES string of the molecule is CC(CN)CCC(=O)NCCC1CCOC1. The smallest absolute Gasteiger partial charge is 0.220 e. The number of rotatable bonds is 7. The van der Waals surface area contributed by atoms with Gasteiger partial charge in [0.2, 0.25) is 5.91 Å². The van der Waals surface area contributed by atoms with Gasteiger partial charge in [0, 0.05) is 26.2 Å². The molecule has 3 N–H and O–H groups in total. The molecule has 1 fully saturated rings. The number of nitrogens with one attached hydrogen (secondary N) is 1. The van der Waals surface area contributed by atoms with Crippen molar-refractivity contribution in [2.45, 2.75) is 32.6 Å². The highest BCUT2D eigenvalue weighted by Crippen LogP contribution is 2.15. The van der Waals surface area contributed by atoms with Crippen LogP contribution in [0.2, 0.25) is 0 Å². The van der Waals surface area contributed by atoms with E-state index in [1.54, 1.807) is 0 Å². The summed E-state index contributed by atoms with van der Waals surface area (Å²) < 4.78 is 5.28. The molecule has 0 bridgehead atoms. The zero-order valence-electron chi connectivity index (χ0n) is 10.2. The molecule has 0 aromatic rings. The van der Waals surface area contributed by atoms with Crippen LogP contribution < -0.4 is 11.1 Å². The van der Waals surface area contributed by atoms with Gasteiger partial charge in [-0.05, 0) is 37.6 Å². The Kier molecular flexibility index (Phi) is 6.42. The average molecular weight is 228 g/mol. The summed E-state index contributed by atoms with van der Waals surface area (Å²) in [6.07, 6.45) is 3.66. The van der Waals surface area contributed by atoms with E-state index in [-0.39, 0.29) is 5.91 Å². The topological polar surface area (TPSA) is 64.4 Å². The highest BCUT2D eigenvalue weighted by Gasteiger charge is 2.15. The molecule has 1 aliphatic rings. The van der Waals surface area contributed by atoms with E-state index < -0.39 is 0 Å². The zero-order valence-corrected chi connectivity index (χ0v) is 10.2. The Morgan fingerprint density at radius 3 is 3.06 bits per heavy atom. The van der Waals surface area contributed by atoms with Crippen molar-refractivity contribution in [3.05, 3.63) is 0 Å². The Morgan fingerprint density at radius 1 is 1.62 bits per heavy atom. The van der Waals surface area contributed by atoms with Crippen LogP contribution in [0, 0.1) is 11.8 Å². The number of hydrogen-bond donors (Lipinski definition) is 2. The Morgan fingerprint density at radius 2 is 2.44 bits per heavy atom. The van der Waals surface area contributed by atoms with Crippen molar-refractivity contribution >= 4 is 5.91 Å². The standard InChI is InChI=1S/C12H24N2O2/c1-10(8-13)2-3-12(15)14-6-4-11-5-7-16-9-11/h10-11H,2-9,13H2,1H3,(H,14,15). The molecule has 4 nitrogen and oxygen atoms in total. The quantitative estimate of drug-likeness (QED) is 0.680. The van der Waals surface area contributed by atoms with E-state index in [0.717, 1.165) is 39.0 Å². The van der Waals surface area contributed by atoms with Gasteiger partial charge in [-0.1, -0.05) is 6.92 Å². The molecule has 2 unspecified atom stereocenters. The molecule has 0 aromatic carbocycles. The second-order valence-corrected chi connectivity index (χ2v) is 4.75. The van der Waals surface area contributed by atoms with Crippen molar-refractivity contribution < 1.29 is 9.53 Å². The van der Waals surface area contributed by atoms with Crippen LogP contribution in [0.15, 0.2) is 0 Å². The molecular formula is C12H24N2O2. The molecule has 16 heavy (non-hydrogen) atoms. The Hall–Kier alpha value is -0.610. The van der Waals surface area contributed by atoms with Gasteiger partial charge in [0.15, 0.2) is 0 Å². The number of amides is 1. The normalized spacial score (nSPS) is 22.0. The highest BCUT2D eigenvalue weighted by atomic mass is 16.5. The van der Waals surface area contributed by atoms with Gasteiger partial charge in [0.1, 0.15) is 0 Å². The van der Waals surface area contributed by atoms with Gasteiger partial charge in [-0.25, -0.2) is 0 Å². The summed E-state index contributed by atoms with van der Waals surface area (Å²) in [4.78, 5) is 11.5. The van der Waals surface area contributed by atoms with Crippen molar-refractivity contribution in [1.82, 2.24) is 5.32 Å². The van der Waals surface area contributed by atoms with Gasteiger partial charge in [-0.2, -0.15) is 0 Å². The van der Waals surface area contributed by atoms with Crippen molar-refractivity contribution in [2.75, 3.05) is 26.3 Å². The number of carbonyl (C=O) groups is 1. The van der Waals surface area contributed by atoms with Crippen LogP contribution in [0.5, 0.6) is 0 Å². The molecule has 1 amide bonds. The minimum Gasteiger partial charge on any atom is -0.381 e. The van der Waals surface area contributed by atoms with Gasteiger partial charge in [-0.3, -0.25) is 4.79 Å². The number of carbonyl (C=O) groups excluding carboxylic acids is 1. The second kappa shape index (κ2) is 7.63. The maximum absolute atomic E-state index is 11.5. The first-order chi connectivity index (χ1) is 7.72. The Labute approximate surface area is 97.9 Å². The van der Waals surface area contributed by atoms with E-state index in [0.29, 0.717) is 24.8 Å². The predicted molar refractivity (Wildman–Crippen MR) is 64.0 cm³/mol. The lowest BCUT2D eigenvalue weighted by atomic mass is 10.0. The fourth-order valence-electron chi connectivity index (χ4n) is 1.81. The summed E-state index contributed by atoms with van der Waals surface area (Å²) in [5.41, 5.74) is 5.50. The molecule has 1 aliphatic heterocycles. The first kappa shape index (κ1) is 13.5. The summed E-state index contributed by atoms with van der Waals surface area (Å²) >= 11 is 0. The second-order valence-electron chi connectivity index (χ2n) is 4.75. The average Bonchev–Trinajstić information content (AvgIpc) is 2.79. The van der Waals surface area contributed by atoms with Crippen molar-refractivity contribution in [1.29, 1.82) is 0 Å². The van der Waals surface area contributed by atoms with E-state index in [4.69, 9.17) is 10.5 Å². The lowest BCUT2D eigenvalue weighted by Gasteiger charge is -2.10. The number of nitrogens with two attached hydrogens (primary N) is 1. The van der Waals surface area contributed by atoms with Crippen LogP contribution in [0.3, 0.4) is 0 Å². The van der Waals surface area contributed by atoms with E-state index in [2.05, 4.69) is 12.2 Å². The van der Waals surface area contributed by atoms with Crippen LogP contribution in [-0.4, -0.2) is 32.2 Å². The lowest BCUT2D eigenvalue weighted by Crippen LogP contribution is -2.26. The summed E-state index contributed by atoms with van der Waals surface area (Å²) in [7, 11) is 0. The maximum Gasteiger partial charge on any atom is 0.220 e. The minimum absolute atomic E-state index is 0.152. The predicted octanol–water partition coefficient (Wildman–Crippen LogP) is 0.904. The number of ether oxygens (including phenoxy) is 1. The number of hydrogen-bond acceptors (Lipinski definition) is 3. The van der Waals surface area contributed by atoms with Crippen LogP contribution in [0.1, 0.15) is 32.6 Å². The molecule has 0 radical (unpaired) electrons. The van der Waals surface area contributed by atoms with E-state index in [9.17, 15) is 4.79 Å². The maximum atomic E-state index is 11.5. The molecule has 94 valence electrons. The Balaban J connectivity index is 1.97. The van der Waals surface area contributed by atoms with Crippen LogP contribution in [0.4, 0.5) is 0 Å². The third-order valence-electron chi connectivity index (χ3n) is 3.17. The van der Waals surface area contributed by atoms with Crippen molar-refractivity contribution in [2.24, 2.45) is 17.6 Å². The van der Waals surface area contributed by atoms with E-state index in [1.807, 2.05) is 0 Å². The largest absolute Gasteiger partial charge is 0.381 e. The Bertz CT molecular complexity index is 203. The summed E-state index contributed by atoms with van der Waals surface area (Å²) in [6.45, 7) is 5.26. The zero-order chi connectivity index (χ0) is 11.8. The molecule has 2 atom stereocenters. The van der Waals surface area contributed by atoms with Crippen LogP contribution in [0.25, 0.3) is 0 Å². The first-order valence-corrected chi connectivity index (χ1v) is 6.27. The molecular weight excluding hydrogens is 204 g/mol. The third-order valence-corrected chi connectivity index (χ3v) is 3.17. The van der Waals surface area contributed by atoms with E-state index >= 15 is 0 Å². The highest BCUT2D eigenvalue weighted by molar-refractivity contribution is 5.75. The molecule has 1 rings (SSSR count). The molecule has 1 saturated heterocycles. The van der Waals surface area contributed by atoms with Crippen molar-refractivity contribution in [3.63, 3.8) is 0 Å². The monoisotopic (exact) mass is 228 g/mol. The van der Waals surface area contributed by atoms with Gasteiger partial charge in [0.25, 0.3) is 0 Å². The van der Waals surface area contributed by atoms with Gasteiger partial charge in [-0.15, -0.1) is 0 Å². The molecule has 0 aliphatic carbocycles. The van der Waals surface area contributed by atoms with Gasteiger partial charge >= 0.3 is 0 Å². The molecule has 4 heteroatoms. The minimum atomic E-state index is 0.152. The summed E-state index contributed by atoms with van der Waals surface area (Å²) in [5.74, 6) is 1.23. The summed E-state index contributed by atoms with van der Waals surface area (Å²) in [5, 5.41) is 2.95. The molecule has 0 aromatic heterocycles.